The highest BCUT2D eigenvalue weighted by Crippen LogP contribution is 2.31. The Morgan fingerprint density at radius 3 is 1.81 bits per heavy atom. The van der Waals surface area contributed by atoms with Gasteiger partial charge in [-0.1, -0.05) is 54.1 Å². The van der Waals surface area contributed by atoms with Crippen molar-refractivity contribution in [2.45, 2.75) is 31.0 Å². The number of carbonyl (C=O) groups is 1. The third-order valence-electron chi connectivity index (χ3n) is 4.66. The van der Waals surface area contributed by atoms with Gasteiger partial charge in [-0.15, -0.1) is 0 Å². The maximum atomic E-state index is 12.7. The van der Waals surface area contributed by atoms with E-state index < -0.39 is 33.7 Å². The molecule has 0 amide bonds. The SMILES string of the molecule is Cc1ccc(S(=O)(=O)O[C@H](C)C(=O)c2ccc(-c3ccc(C(F)(F)F)cc3)cc2)cc1. The van der Waals surface area contributed by atoms with Crippen molar-refractivity contribution >= 4 is 15.9 Å². The largest absolute Gasteiger partial charge is 0.416 e. The van der Waals surface area contributed by atoms with Gasteiger partial charge < -0.3 is 0 Å². The summed E-state index contributed by atoms with van der Waals surface area (Å²) in [4.78, 5) is 12.6. The third kappa shape index (κ3) is 5.39. The van der Waals surface area contributed by atoms with Crippen LogP contribution in [0.5, 0.6) is 0 Å². The van der Waals surface area contributed by atoms with Gasteiger partial charge in [-0.25, -0.2) is 0 Å². The monoisotopic (exact) mass is 448 g/mol. The fourth-order valence-electron chi connectivity index (χ4n) is 2.91. The Balaban J connectivity index is 1.73. The summed E-state index contributed by atoms with van der Waals surface area (Å²) >= 11 is 0. The first-order valence-electron chi connectivity index (χ1n) is 9.29. The average Bonchev–Trinajstić information content (AvgIpc) is 2.73. The molecule has 0 saturated carbocycles. The lowest BCUT2D eigenvalue weighted by Crippen LogP contribution is -2.24. The van der Waals surface area contributed by atoms with Gasteiger partial charge in [-0.3, -0.25) is 8.98 Å². The lowest BCUT2D eigenvalue weighted by molar-refractivity contribution is -0.137. The predicted octanol–water partition coefficient (Wildman–Crippen LogP) is 5.66. The second kappa shape index (κ2) is 8.64. The van der Waals surface area contributed by atoms with Gasteiger partial charge in [0.15, 0.2) is 5.78 Å². The molecule has 1 atom stereocenters. The van der Waals surface area contributed by atoms with Crippen molar-refractivity contribution < 1.29 is 30.6 Å². The van der Waals surface area contributed by atoms with Crippen LogP contribution in [0, 0.1) is 6.92 Å². The predicted molar refractivity (Wildman–Crippen MR) is 110 cm³/mol. The van der Waals surface area contributed by atoms with Gasteiger partial charge in [0.1, 0.15) is 6.10 Å². The van der Waals surface area contributed by atoms with Crippen LogP contribution in [0.2, 0.25) is 0 Å². The Bertz CT molecular complexity index is 1170. The molecular weight excluding hydrogens is 429 g/mol. The normalized spacial score (nSPS) is 13.1. The molecule has 0 aliphatic rings. The molecule has 0 spiro atoms. The molecule has 0 fully saturated rings. The van der Waals surface area contributed by atoms with E-state index >= 15 is 0 Å². The summed E-state index contributed by atoms with van der Waals surface area (Å²) in [5.41, 5.74) is 1.53. The Hall–Kier alpha value is -2.97. The van der Waals surface area contributed by atoms with Gasteiger partial charge in [0.25, 0.3) is 10.1 Å². The highest BCUT2D eigenvalue weighted by Gasteiger charge is 2.30. The number of carbonyl (C=O) groups excluding carboxylic acids is 1. The summed E-state index contributed by atoms with van der Waals surface area (Å²) in [6, 6.07) is 16.8. The van der Waals surface area contributed by atoms with Crippen LogP contribution in [0.4, 0.5) is 13.2 Å². The highest BCUT2D eigenvalue weighted by molar-refractivity contribution is 7.86. The van der Waals surface area contributed by atoms with Crippen LogP contribution in [0.3, 0.4) is 0 Å². The van der Waals surface area contributed by atoms with E-state index in [1.54, 1.807) is 24.3 Å². The number of Topliss-reactive ketones (excluding diaryl/α,β-unsaturated/α-hetero) is 1. The summed E-state index contributed by atoms with van der Waals surface area (Å²) in [5.74, 6) is -0.533. The molecule has 3 aromatic rings. The molecule has 4 nitrogen and oxygen atoms in total. The van der Waals surface area contributed by atoms with Crippen molar-refractivity contribution in [2.75, 3.05) is 0 Å². The number of alkyl halides is 3. The molecule has 3 aromatic carbocycles. The summed E-state index contributed by atoms with van der Waals surface area (Å²) in [7, 11) is -4.11. The van der Waals surface area contributed by atoms with E-state index in [1.807, 2.05) is 6.92 Å². The minimum atomic E-state index is -4.41. The van der Waals surface area contributed by atoms with Crippen molar-refractivity contribution in [3.05, 3.63) is 89.5 Å². The van der Waals surface area contributed by atoms with Crippen molar-refractivity contribution in [1.82, 2.24) is 0 Å². The number of halogens is 3. The van der Waals surface area contributed by atoms with Crippen LogP contribution in [0.25, 0.3) is 11.1 Å². The standard InChI is InChI=1S/C23H19F3O4S/c1-15-3-13-21(14-4-15)31(28,29)30-16(2)22(27)19-7-5-17(6-8-19)18-9-11-20(12-10-18)23(24,25)26/h3-14,16H,1-2H3/t16-/m1/s1. The molecule has 0 N–H and O–H groups in total. The lowest BCUT2D eigenvalue weighted by Gasteiger charge is -2.13. The van der Waals surface area contributed by atoms with E-state index in [-0.39, 0.29) is 10.5 Å². The topological polar surface area (TPSA) is 60.4 Å². The van der Waals surface area contributed by atoms with Gasteiger partial charge in [0.05, 0.1) is 10.5 Å². The highest BCUT2D eigenvalue weighted by atomic mass is 32.2. The zero-order valence-corrected chi connectivity index (χ0v) is 17.5. The van der Waals surface area contributed by atoms with Gasteiger partial charge in [-0.05, 0) is 49.2 Å². The van der Waals surface area contributed by atoms with Crippen LogP contribution in [0.15, 0.2) is 77.7 Å². The molecular formula is C23H19F3O4S. The van der Waals surface area contributed by atoms with Gasteiger partial charge in [0, 0.05) is 5.56 Å². The zero-order valence-electron chi connectivity index (χ0n) is 16.7. The second-order valence-corrected chi connectivity index (χ2v) is 8.59. The number of hydrogen-bond acceptors (Lipinski definition) is 4. The van der Waals surface area contributed by atoms with Crippen LogP contribution in [-0.2, 0) is 20.5 Å². The Kier molecular flexibility index (Phi) is 6.33. The smallest absolute Gasteiger partial charge is 0.291 e. The van der Waals surface area contributed by atoms with Crippen LogP contribution in [-0.4, -0.2) is 20.3 Å². The quantitative estimate of drug-likeness (QED) is 0.361. The Labute approximate surface area is 178 Å². The van der Waals surface area contributed by atoms with Crippen molar-refractivity contribution in [3.63, 3.8) is 0 Å². The molecule has 0 radical (unpaired) electrons. The third-order valence-corrected chi connectivity index (χ3v) is 6.06. The van der Waals surface area contributed by atoms with E-state index in [2.05, 4.69) is 0 Å². The van der Waals surface area contributed by atoms with Gasteiger partial charge >= 0.3 is 6.18 Å². The van der Waals surface area contributed by atoms with Crippen molar-refractivity contribution in [3.8, 4) is 11.1 Å². The number of ketones is 1. The molecule has 0 aliphatic carbocycles. The molecule has 3 rings (SSSR count). The molecule has 0 bridgehead atoms. The van der Waals surface area contributed by atoms with E-state index in [9.17, 15) is 26.4 Å². The van der Waals surface area contributed by atoms with Gasteiger partial charge in [-0.2, -0.15) is 21.6 Å². The molecule has 0 unspecified atom stereocenters. The van der Waals surface area contributed by atoms with E-state index in [1.165, 1.54) is 43.3 Å². The minimum absolute atomic E-state index is 0.0459. The molecule has 0 aliphatic heterocycles. The second-order valence-electron chi connectivity index (χ2n) is 7.02. The lowest BCUT2D eigenvalue weighted by atomic mass is 10.00. The number of hydrogen-bond donors (Lipinski definition) is 0. The van der Waals surface area contributed by atoms with Crippen LogP contribution < -0.4 is 0 Å². The Morgan fingerprint density at radius 2 is 1.32 bits per heavy atom. The maximum Gasteiger partial charge on any atom is 0.416 e. The van der Waals surface area contributed by atoms with Crippen LogP contribution >= 0.6 is 0 Å². The molecule has 162 valence electrons. The molecule has 0 aromatic heterocycles. The number of rotatable bonds is 6. The van der Waals surface area contributed by atoms with E-state index in [4.69, 9.17) is 4.18 Å². The first-order valence-corrected chi connectivity index (χ1v) is 10.7. The van der Waals surface area contributed by atoms with Crippen LogP contribution in [0.1, 0.15) is 28.4 Å². The maximum absolute atomic E-state index is 12.7. The molecule has 31 heavy (non-hydrogen) atoms. The molecule has 0 heterocycles. The van der Waals surface area contributed by atoms with E-state index in [0.717, 1.165) is 17.7 Å². The number of aryl methyl sites for hydroxylation is 1. The molecule has 0 saturated heterocycles. The fourth-order valence-corrected chi connectivity index (χ4v) is 3.96. The fraction of sp³-hybridized carbons (Fsp3) is 0.174. The number of benzene rings is 3. The summed E-state index contributed by atoms with van der Waals surface area (Å²) in [6.45, 7) is 3.16. The van der Waals surface area contributed by atoms with Crippen molar-refractivity contribution in [1.29, 1.82) is 0 Å². The first-order chi connectivity index (χ1) is 14.5. The zero-order chi connectivity index (χ0) is 22.8. The summed E-state index contributed by atoms with van der Waals surface area (Å²) in [6.07, 6.45) is -5.66. The van der Waals surface area contributed by atoms with Gasteiger partial charge in [0.2, 0.25) is 0 Å². The van der Waals surface area contributed by atoms with E-state index in [0.29, 0.717) is 11.1 Å². The average molecular weight is 448 g/mol. The Morgan fingerprint density at radius 1 is 0.839 bits per heavy atom. The molecule has 8 heteroatoms. The first kappa shape index (κ1) is 22.7. The van der Waals surface area contributed by atoms with Crippen molar-refractivity contribution in [2.24, 2.45) is 0 Å². The minimum Gasteiger partial charge on any atom is -0.291 e. The summed E-state index contributed by atoms with van der Waals surface area (Å²) < 4.78 is 67.9. The summed E-state index contributed by atoms with van der Waals surface area (Å²) in [5, 5.41) is 0.